The maximum Gasteiger partial charge on any atom is 0.410 e. The molecule has 0 radical (unpaired) electrons. The van der Waals surface area contributed by atoms with Crippen molar-refractivity contribution < 1.29 is 19.1 Å². The van der Waals surface area contributed by atoms with Crippen LogP contribution in [0.5, 0.6) is 0 Å². The number of carbonyl (C=O) groups is 3. The van der Waals surface area contributed by atoms with E-state index in [1.165, 1.54) is 0 Å². The summed E-state index contributed by atoms with van der Waals surface area (Å²) in [5.74, 6) is -0.0534. The lowest BCUT2D eigenvalue weighted by molar-refractivity contribution is 0.00527. The molecule has 0 aromatic carbocycles. The van der Waals surface area contributed by atoms with Gasteiger partial charge in [-0.25, -0.2) is 9.78 Å². The highest BCUT2D eigenvalue weighted by Gasteiger charge is 2.35. The minimum Gasteiger partial charge on any atom is -0.444 e. The van der Waals surface area contributed by atoms with Crippen LogP contribution >= 0.6 is 0 Å². The van der Waals surface area contributed by atoms with Crippen LogP contribution in [0.25, 0.3) is 0 Å². The number of likely N-dealkylation sites (tertiary alicyclic amines) is 1. The van der Waals surface area contributed by atoms with E-state index in [0.717, 1.165) is 0 Å². The zero-order valence-corrected chi connectivity index (χ0v) is 15.6. The minimum absolute atomic E-state index is 0.0678. The van der Waals surface area contributed by atoms with Gasteiger partial charge in [0.2, 0.25) is 0 Å². The Morgan fingerprint density at radius 2 is 1.92 bits per heavy atom. The summed E-state index contributed by atoms with van der Waals surface area (Å²) in [6.07, 6.45) is 0.266. The molecule has 0 atom stereocenters. The number of hydrogen-bond donors (Lipinski definition) is 1. The van der Waals surface area contributed by atoms with E-state index in [4.69, 9.17) is 4.74 Å². The van der Waals surface area contributed by atoms with Crippen LogP contribution in [-0.2, 0) is 4.74 Å². The first kappa shape index (κ1) is 19.0. The van der Waals surface area contributed by atoms with Crippen molar-refractivity contribution in [2.24, 2.45) is 0 Å². The van der Waals surface area contributed by atoms with Crippen LogP contribution in [0.15, 0.2) is 0 Å². The van der Waals surface area contributed by atoms with Gasteiger partial charge in [-0.3, -0.25) is 9.59 Å². The van der Waals surface area contributed by atoms with Crippen molar-refractivity contribution in [3.8, 4) is 0 Å². The lowest BCUT2D eigenvalue weighted by atomic mass is 10.1. The summed E-state index contributed by atoms with van der Waals surface area (Å²) in [5, 5.41) is 2.89. The third kappa shape index (κ3) is 4.18. The Kier molecular flexibility index (Phi) is 5.20. The van der Waals surface area contributed by atoms with E-state index < -0.39 is 5.60 Å². The zero-order chi connectivity index (χ0) is 18.9. The second-order valence-corrected chi connectivity index (χ2v) is 7.54. The smallest absolute Gasteiger partial charge is 0.410 e. The molecule has 1 aromatic heterocycles. The third-order valence-electron chi connectivity index (χ3n) is 3.82. The number of hydrogen-bond acceptors (Lipinski definition) is 5. The van der Waals surface area contributed by atoms with Crippen LogP contribution in [0.1, 0.15) is 67.5 Å². The number of amides is 2. The molecular weight excluding hydrogens is 324 g/mol. The Hall–Kier alpha value is -2.38. The maximum atomic E-state index is 12.6. The van der Waals surface area contributed by atoms with Crippen molar-refractivity contribution in [3.63, 3.8) is 0 Å². The van der Waals surface area contributed by atoms with Crippen molar-refractivity contribution in [1.29, 1.82) is 0 Å². The molecule has 1 saturated heterocycles. The van der Waals surface area contributed by atoms with Gasteiger partial charge in [-0.15, -0.1) is 0 Å². The molecule has 2 amide bonds. The highest BCUT2D eigenvalue weighted by Crippen LogP contribution is 2.19. The molecule has 1 fully saturated rings. The molecule has 8 heteroatoms. The van der Waals surface area contributed by atoms with Gasteiger partial charge in [-0.1, -0.05) is 0 Å². The van der Waals surface area contributed by atoms with Gasteiger partial charge in [-0.2, -0.15) is 0 Å². The van der Waals surface area contributed by atoms with Crippen molar-refractivity contribution in [2.75, 3.05) is 13.1 Å². The molecule has 1 aliphatic heterocycles. The van der Waals surface area contributed by atoms with Crippen LogP contribution < -0.4 is 5.32 Å². The molecule has 25 heavy (non-hydrogen) atoms. The molecule has 0 saturated carbocycles. The molecule has 0 spiro atoms. The lowest BCUT2D eigenvalue weighted by Gasteiger charge is -2.40. The number of carbonyl (C=O) groups excluding carboxylic acids is 3. The molecule has 0 bridgehead atoms. The molecule has 2 rings (SSSR count). The SMILES string of the molecule is Cc1nc(C=O)n(C(C)C)c1C(=O)NC1CN(C(=O)OC(C)(C)C)C1. The second kappa shape index (κ2) is 6.85. The highest BCUT2D eigenvalue weighted by molar-refractivity contribution is 5.95. The van der Waals surface area contributed by atoms with Crippen LogP contribution in [0.3, 0.4) is 0 Å². The molecule has 138 valence electrons. The number of imidazole rings is 1. The van der Waals surface area contributed by atoms with E-state index in [-0.39, 0.29) is 29.9 Å². The summed E-state index contributed by atoms with van der Waals surface area (Å²) < 4.78 is 6.92. The van der Waals surface area contributed by atoms with E-state index in [1.54, 1.807) is 16.4 Å². The maximum absolute atomic E-state index is 12.6. The van der Waals surface area contributed by atoms with Crippen molar-refractivity contribution in [2.45, 2.75) is 59.2 Å². The monoisotopic (exact) mass is 350 g/mol. The summed E-state index contributed by atoms with van der Waals surface area (Å²) in [6, 6.07) is -0.212. The van der Waals surface area contributed by atoms with E-state index in [0.29, 0.717) is 30.8 Å². The number of nitrogens with one attached hydrogen (secondary N) is 1. The van der Waals surface area contributed by atoms with Crippen LogP contribution in [0, 0.1) is 6.92 Å². The van der Waals surface area contributed by atoms with Crippen molar-refractivity contribution >= 4 is 18.3 Å². The highest BCUT2D eigenvalue weighted by atomic mass is 16.6. The molecule has 2 heterocycles. The number of ether oxygens (including phenoxy) is 1. The summed E-state index contributed by atoms with van der Waals surface area (Å²) in [7, 11) is 0. The summed E-state index contributed by atoms with van der Waals surface area (Å²) >= 11 is 0. The number of aromatic nitrogens is 2. The second-order valence-electron chi connectivity index (χ2n) is 7.54. The average Bonchev–Trinajstić information content (AvgIpc) is 2.76. The number of rotatable bonds is 4. The van der Waals surface area contributed by atoms with Gasteiger partial charge in [0.15, 0.2) is 12.1 Å². The van der Waals surface area contributed by atoms with Crippen LogP contribution in [0.4, 0.5) is 4.79 Å². The molecule has 1 aliphatic rings. The van der Waals surface area contributed by atoms with Crippen LogP contribution in [0.2, 0.25) is 0 Å². The van der Waals surface area contributed by atoms with Gasteiger partial charge in [-0.05, 0) is 41.5 Å². The lowest BCUT2D eigenvalue weighted by Crippen LogP contribution is -2.61. The number of nitrogens with zero attached hydrogens (tertiary/aromatic N) is 3. The molecule has 1 aromatic rings. The van der Waals surface area contributed by atoms with Crippen molar-refractivity contribution in [3.05, 3.63) is 17.2 Å². The molecule has 0 aliphatic carbocycles. The first-order valence-electron chi connectivity index (χ1n) is 8.36. The predicted molar refractivity (Wildman–Crippen MR) is 91.8 cm³/mol. The molecule has 8 nitrogen and oxygen atoms in total. The van der Waals surface area contributed by atoms with E-state index in [1.807, 2.05) is 34.6 Å². The molecule has 1 N–H and O–H groups in total. The Morgan fingerprint density at radius 3 is 2.40 bits per heavy atom. The normalized spacial score (nSPS) is 15.1. The predicted octanol–water partition coefficient (Wildman–Crippen LogP) is 1.93. The average molecular weight is 350 g/mol. The topological polar surface area (TPSA) is 93.5 Å². The van der Waals surface area contributed by atoms with Gasteiger partial charge in [0.1, 0.15) is 11.3 Å². The van der Waals surface area contributed by atoms with E-state index >= 15 is 0 Å². The Balaban J connectivity index is 2.00. The van der Waals surface area contributed by atoms with Gasteiger partial charge >= 0.3 is 6.09 Å². The number of aldehydes is 1. The quantitative estimate of drug-likeness (QED) is 0.838. The van der Waals surface area contributed by atoms with E-state index in [2.05, 4.69) is 10.3 Å². The first-order valence-corrected chi connectivity index (χ1v) is 8.36. The minimum atomic E-state index is -0.544. The third-order valence-corrected chi connectivity index (χ3v) is 3.82. The molecule has 0 unspecified atom stereocenters. The van der Waals surface area contributed by atoms with Gasteiger partial charge in [0, 0.05) is 19.1 Å². The van der Waals surface area contributed by atoms with Gasteiger partial charge < -0.3 is 19.5 Å². The van der Waals surface area contributed by atoms with Crippen molar-refractivity contribution in [1.82, 2.24) is 19.8 Å². The summed E-state index contributed by atoms with van der Waals surface area (Å²) in [4.78, 5) is 41.4. The fourth-order valence-electron chi connectivity index (χ4n) is 2.75. The van der Waals surface area contributed by atoms with Crippen LogP contribution in [-0.4, -0.2) is 57.5 Å². The van der Waals surface area contributed by atoms with Gasteiger partial charge in [0.25, 0.3) is 5.91 Å². The standard InChI is InChI=1S/C17H26N4O4/c1-10(2)21-13(9-22)18-11(3)14(21)15(23)19-12-7-20(8-12)16(24)25-17(4,5)6/h9-10,12H,7-8H2,1-6H3,(H,19,23). The largest absolute Gasteiger partial charge is 0.444 e. The van der Waals surface area contributed by atoms with Gasteiger partial charge in [0.05, 0.1) is 11.7 Å². The number of aryl methyl sites for hydroxylation is 1. The summed E-state index contributed by atoms with van der Waals surface area (Å²) in [5.41, 5.74) is 0.349. The van der Waals surface area contributed by atoms with E-state index in [9.17, 15) is 14.4 Å². The Bertz CT molecular complexity index is 682. The summed E-state index contributed by atoms with van der Waals surface area (Å²) in [6.45, 7) is 11.7. The first-order chi connectivity index (χ1) is 11.5. The Morgan fingerprint density at radius 1 is 1.32 bits per heavy atom. The fraction of sp³-hybridized carbons (Fsp3) is 0.647. The zero-order valence-electron chi connectivity index (χ0n) is 15.6. The fourth-order valence-corrected chi connectivity index (χ4v) is 2.75. The Labute approximate surface area is 147 Å². The molecular formula is C17H26N4O4.